The highest BCUT2D eigenvalue weighted by Gasteiger charge is 2.12. The molecule has 6 heteroatoms. The number of hydrogen-bond donors (Lipinski definition) is 2. The van der Waals surface area contributed by atoms with Crippen molar-refractivity contribution in [3.05, 3.63) is 71.5 Å². The standard InChI is InChI=1S/C17H13ClN4O/c18-14-7-6-11(10-13(14)15-5-1-2-8-20-15)22-17(23)12-4-3-9-21-16(12)19/h1-10H,(H2,19,21)(H,22,23). The molecule has 0 radical (unpaired) electrons. The summed E-state index contributed by atoms with van der Waals surface area (Å²) in [6.45, 7) is 0. The van der Waals surface area contributed by atoms with Crippen LogP contribution in [0.1, 0.15) is 10.4 Å². The number of rotatable bonds is 3. The number of pyridine rings is 2. The van der Waals surface area contributed by atoms with Crippen molar-refractivity contribution in [2.45, 2.75) is 0 Å². The zero-order chi connectivity index (χ0) is 16.2. The first kappa shape index (κ1) is 15.0. The minimum atomic E-state index is -0.329. The molecule has 0 fully saturated rings. The van der Waals surface area contributed by atoms with Crippen LogP contribution in [0.25, 0.3) is 11.3 Å². The Labute approximate surface area is 138 Å². The Balaban J connectivity index is 1.90. The molecule has 0 saturated carbocycles. The van der Waals surface area contributed by atoms with Gasteiger partial charge >= 0.3 is 0 Å². The van der Waals surface area contributed by atoms with Crippen molar-refractivity contribution in [3.8, 4) is 11.3 Å². The molecule has 0 atom stereocenters. The molecule has 0 aliphatic heterocycles. The van der Waals surface area contributed by atoms with Crippen LogP contribution in [0, 0.1) is 0 Å². The van der Waals surface area contributed by atoms with E-state index in [2.05, 4.69) is 15.3 Å². The summed E-state index contributed by atoms with van der Waals surface area (Å²) >= 11 is 6.23. The van der Waals surface area contributed by atoms with E-state index in [1.54, 1.807) is 36.5 Å². The minimum Gasteiger partial charge on any atom is -0.383 e. The van der Waals surface area contributed by atoms with Crippen LogP contribution in [-0.4, -0.2) is 15.9 Å². The lowest BCUT2D eigenvalue weighted by Gasteiger charge is -2.10. The van der Waals surface area contributed by atoms with Crippen molar-refractivity contribution in [2.24, 2.45) is 0 Å². The van der Waals surface area contributed by atoms with Crippen molar-refractivity contribution in [1.82, 2.24) is 9.97 Å². The quantitative estimate of drug-likeness (QED) is 0.770. The van der Waals surface area contributed by atoms with E-state index < -0.39 is 0 Å². The molecule has 5 nitrogen and oxygen atoms in total. The van der Waals surface area contributed by atoms with Gasteiger partial charge in [-0.25, -0.2) is 4.98 Å². The first-order valence-electron chi connectivity index (χ1n) is 6.88. The SMILES string of the molecule is Nc1ncccc1C(=O)Nc1ccc(Cl)c(-c2ccccn2)c1. The lowest BCUT2D eigenvalue weighted by atomic mass is 10.1. The predicted molar refractivity (Wildman–Crippen MR) is 91.3 cm³/mol. The number of halogens is 1. The Morgan fingerprint density at radius 1 is 1.04 bits per heavy atom. The van der Waals surface area contributed by atoms with Crippen LogP contribution >= 0.6 is 11.6 Å². The number of nitrogens with zero attached hydrogens (tertiary/aromatic N) is 2. The average molecular weight is 325 g/mol. The molecule has 0 spiro atoms. The van der Waals surface area contributed by atoms with Crippen molar-refractivity contribution in [2.75, 3.05) is 11.1 Å². The average Bonchev–Trinajstić information content (AvgIpc) is 2.57. The van der Waals surface area contributed by atoms with Crippen molar-refractivity contribution >= 4 is 29.0 Å². The predicted octanol–water partition coefficient (Wildman–Crippen LogP) is 3.63. The van der Waals surface area contributed by atoms with Crippen LogP contribution in [0.15, 0.2) is 60.9 Å². The molecule has 3 aromatic rings. The van der Waals surface area contributed by atoms with Gasteiger partial charge in [0.2, 0.25) is 0 Å². The molecule has 114 valence electrons. The third-order valence-electron chi connectivity index (χ3n) is 3.25. The number of aromatic nitrogens is 2. The topological polar surface area (TPSA) is 80.9 Å². The van der Waals surface area contributed by atoms with Gasteiger partial charge in [-0.15, -0.1) is 0 Å². The molecule has 1 amide bonds. The lowest BCUT2D eigenvalue weighted by Crippen LogP contribution is -2.14. The number of nitrogen functional groups attached to an aromatic ring is 1. The van der Waals surface area contributed by atoms with Gasteiger partial charge in [-0.05, 0) is 42.5 Å². The summed E-state index contributed by atoms with van der Waals surface area (Å²) in [6, 6.07) is 14.0. The number of amides is 1. The van der Waals surface area contributed by atoms with Gasteiger partial charge in [0.15, 0.2) is 0 Å². The van der Waals surface area contributed by atoms with E-state index in [1.807, 2.05) is 18.2 Å². The fourth-order valence-electron chi connectivity index (χ4n) is 2.13. The number of benzene rings is 1. The maximum atomic E-state index is 12.3. The molecule has 3 N–H and O–H groups in total. The molecular weight excluding hydrogens is 312 g/mol. The number of anilines is 2. The third-order valence-corrected chi connectivity index (χ3v) is 3.58. The molecule has 0 saturated heterocycles. The highest BCUT2D eigenvalue weighted by Crippen LogP contribution is 2.29. The number of nitrogens with one attached hydrogen (secondary N) is 1. The number of carbonyl (C=O) groups excluding carboxylic acids is 1. The van der Waals surface area contributed by atoms with Gasteiger partial charge in [-0.1, -0.05) is 17.7 Å². The lowest BCUT2D eigenvalue weighted by molar-refractivity contribution is 0.102. The first-order chi connectivity index (χ1) is 11.1. The van der Waals surface area contributed by atoms with E-state index in [4.69, 9.17) is 17.3 Å². The van der Waals surface area contributed by atoms with E-state index in [1.165, 1.54) is 6.20 Å². The maximum Gasteiger partial charge on any atom is 0.259 e. The number of nitrogens with two attached hydrogens (primary N) is 1. The minimum absolute atomic E-state index is 0.184. The van der Waals surface area contributed by atoms with Gasteiger partial charge in [0.05, 0.1) is 16.3 Å². The van der Waals surface area contributed by atoms with Gasteiger partial charge in [0.1, 0.15) is 5.82 Å². The van der Waals surface area contributed by atoms with Gasteiger partial charge in [0, 0.05) is 23.6 Å². The second-order valence-corrected chi connectivity index (χ2v) is 5.21. The van der Waals surface area contributed by atoms with E-state index in [-0.39, 0.29) is 11.7 Å². The summed E-state index contributed by atoms with van der Waals surface area (Å²) in [5.74, 6) is -0.145. The highest BCUT2D eigenvalue weighted by molar-refractivity contribution is 6.33. The molecule has 3 rings (SSSR count). The fraction of sp³-hybridized carbons (Fsp3) is 0. The fourth-order valence-corrected chi connectivity index (χ4v) is 2.34. The molecule has 0 unspecified atom stereocenters. The van der Waals surface area contributed by atoms with Crippen molar-refractivity contribution in [3.63, 3.8) is 0 Å². The van der Waals surface area contributed by atoms with Gasteiger partial charge in [0.25, 0.3) is 5.91 Å². The summed E-state index contributed by atoms with van der Waals surface area (Å²) in [4.78, 5) is 20.5. The van der Waals surface area contributed by atoms with Crippen LogP contribution < -0.4 is 11.1 Å². The number of hydrogen-bond acceptors (Lipinski definition) is 4. The molecule has 23 heavy (non-hydrogen) atoms. The van der Waals surface area contributed by atoms with E-state index in [0.29, 0.717) is 16.3 Å². The van der Waals surface area contributed by atoms with Crippen molar-refractivity contribution in [1.29, 1.82) is 0 Å². The van der Waals surface area contributed by atoms with E-state index in [9.17, 15) is 4.79 Å². The molecule has 0 bridgehead atoms. The normalized spacial score (nSPS) is 10.3. The van der Waals surface area contributed by atoms with Gasteiger partial charge < -0.3 is 11.1 Å². The van der Waals surface area contributed by atoms with Crippen molar-refractivity contribution < 1.29 is 4.79 Å². The molecule has 0 aliphatic carbocycles. The Hall–Kier alpha value is -2.92. The van der Waals surface area contributed by atoms with Gasteiger partial charge in [-0.3, -0.25) is 9.78 Å². The van der Waals surface area contributed by atoms with E-state index >= 15 is 0 Å². The summed E-state index contributed by atoms with van der Waals surface area (Å²) in [6.07, 6.45) is 3.22. The molecule has 2 heterocycles. The molecule has 2 aromatic heterocycles. The molecule has 1 aromatic carbocycles. The smallest absolute Gasteiger partial charge is 0.259 e. The second-order valence-electron chi connectivity index (χ2n) is 4.80. The monoisotopic (exact) mass is 324 g/mol. The molecular formula is C17H13ClN4O. The van der Waals surface area contributed by atoms with Gasteiger partial charge in [-0.2, -0.15) is 0 Å². The van der Waals surface area contributed by atoms with Crippen LogP contribution in [0.4, 0.5) is 11.5 Å². The third kappa shape index (κ3) is 3.30. The molecule has 0 aliphatic rings. The largest absolute Gasteiger partial charge is 0.383 e. The Kier molecular flexibility index (Phi) is 4.21. The van der Waals surface area contributed by atoms with E-state index in [0.717, 1.165) is 11.3 Å². The first-order valence-corrected chi connectivity index (χ1v) is 7.26. The Morgan fingerprint density at radius 2 is 1.87 bits per heavy atom. The second kappa shape index (κ2) is 6.46. The van der Waals surface area contributed by atoms with Crippen LogP contribution in [-0.2, 0) is 0 Å². The summed E-state index contributed by atoms with van der Waals surface area (Å²) in [5, 5.41) is 3.35. The summed E-state index contributed by atoms with van der Waals surface area (Å²) in [7, 11) is 0. The highest BCUT2D eigenvalue weighted by atomic mass is 35.5. The zero-order valence-electron chi connectivity index (χ0n) is 12.0. The van der Waals surface area contributed by atoms with Crippen LogP contribution in [0.3, 0.4) is 0 Å². The Morgan fingerprint density at radius 3 is 2.61 bits per heavy atom. The zero-order valence-corrected chi connectivity index (χ0v) is 12.8. The summed E-state index contributed by atoms with van der Waals surface area (Å²) < 4.78 is 0. The van der Waals surface area contributed by atoms with Crippen LogP contribution in [0.2, 0.25) is 5.02 Å². The number of carbonyl (C=O) groups is 1. The maximum absolute atomic E-state index is 12.3. The Bertz CT molecular complexity index is 852. The summed E-state index contributed by atoms with van der Waals surface area (Å²) in [5.41, 5.74) is 8.11. The van der Waals surface area contributed by atoms with Crippen LogP contribution in [0.5, 0.6) is 0 Å².